The fourth-order valence-corrected chi connectivity index (χ4v) is 2.57. The molecule has 0 aliphatic heterocycles. The van der Waals surface area contributed by atoms with Crippen molar-refractivity contribution in [1.29, 1.82) is 0 Å². The summed E-state index contributed by atoms with van der Waals surface area (Å²) in [6, 6.07) is 5.35. The fourth-order valence-electron chi connectivity index (χ4n) is 1.98. The van der Waals surface area contributed by atoms with E-state index in [1.165, 1.54) is 0 Å². The summed E-state index contributed by atoms with van der Waals surface area (Å²) >= 11 is 12.3. The van der Waals surface area contributed by atoms with E-state index in [0.29, 0.717) is 28.0 Å². The zero-order chi connectivity index (χ0) is 15.4. The van der Waals surface area contributed by atoms with Gasteiger partial charge in [-0.3, -0.25) is 0 Å². The molecule has 0 saturated carbocycles. The summed E-state index contributed by atoms with van der Waals surface area (Å²) in [6.45, 7) is 4.15. The number of nitrogens with zero attached hydrogens (tertiary/aromatic N) is 1. The van der Waals surface area contributed by atoms with Crippen LogP contribution in [0.1, 0.15) is 30.4 Å². The molecule has 0 saturated heterocycles. The standard InChI is InChI=1S/C15H18Cl2N2O2/c1-3-12(18)6-10-5-11(16)7-14(17)15(10)20-8-13-4-9(2)19-21-13/h4-5,7,12H,3,6,8,18H2,1-2H3. The molecule has 1 aromatic heterocycles. The molecule has 114 valence electrons. The molecule has 0 spiro atoms. The third kappa shape index (κ3) is 4.37. The van der Waals surface area contributed by atoms with Gasteiger partial charge in [0, 0.05) is 17.1 Å². The normalized spacial score (nSPS) is 12.4. The maximum Gasteiger partial charge on any atom is 0.174 e. The Kier molecular flexibility index (Phi) is 5.51. The molecule has 0 aliphatic rings. The number of ether oxygens (including phenoxy) is 1. The number of hydrogen-bond donors (Lipinski definition) is 1. The van der Waals surface area contributed by atoms with Crippen molar-refractivity contribution >= 4 is 23.2 Å². The topological polar surface area (TPSA) is 61.3 Å². The van der Waals surface area contributed by atoms with Crippen molar-refractivity contribution in [1.82, 2.24) is 5.16 Å². The van der Waals surface area contributed by atoms with Crippen molar-refractivity contribution in [3.63, 3.8) is 0 Å². The molecule has 1 aromatic carbocycles. The van der Waals surface area contributed by atoms with Gasteiger partial charge in [-0.1, -0.05) is 35.3 Å². The van der Waals surface area contributed by atoms with Crippen LogP contribution in [0.5, 0.6) is 5.75 Å². The van der Waals surface area contributed by atoms with Crippen molar-refractivity contribution < 1.29 is 9.26 Å². The molecule has 21 heavy (non-hydrogen) atoms. The van der Waals surface area contributed by atoms with Crippen molar-refractivity contribution in [3.05, 3.63) is 45.3 Å². The maximum absolute atomic E-state index is 6.24. The van der Waals surface area contributed by atoms with Crippen LogP contribution in [0, 0.1) is 6.92 Å². The van der Waals surface area contributed by atoms with Gasteiger partial charge in [0.25, 0.3) is 0 Å². The summed E-state index contributed by atoms with van der Waals surface area (Å²) in [5.74, 6) is 1.24. The number of hydrogen-bond acceptors (Lipinski definition) is 4. The molecule has 1 heterocycles. The molecule has 1 unspecified atom stereocenters. The van der Waals surface area contributed by atoms with Crippen molar-refractivity contribution in [2.75, 3.05) is 0 Å². The van der Waals surface area contributed by atoms with E-state index < -0.39 is 0 Å². The predicted octanol–water partition coefficient (Wildman–Crippen LogP) is 4.15. The summed E-state index contributed by atoms with van der Waals surface area (Å²) in [5, 5.41) is 4.86. The summed E-state index contributed by atoms with van der Waals surface area (Å²) in [4.78, 5) is 0. The lowest BCUT2D eigenvalue weighted by molar-refractivity contribution is 0.246. The Morgan fingerprint density at radius 2 is 2.10 bits per heavy atom. The third-order valence-corrected chi connectivity index (χ3v) is 3.63. The van der Waals surface area contributed by atoms with Gasteiger partial charge in [-0.25, -0.2) is 0 Å². The molecule has 0 fully saturated rings. The second kappa shape index (κ2) is 7.16. The van der Waals surface area contributed by atoms with Crippen molar-refractivity contribution in [3.8, 4) is 5.75 Å². The highest BCUT2D eigenvalue weighted by atomic mass is 35.5. The fraction of sp³-hybridized carbons (Fsp3) is 0.400. The molecule has 1 atom stereocenters. The van der Waals surface area contributed by atoms with Crippen LogP contribution in [0.2, 0.25) is 10.0 Å². The van der Waals surface area contributed by atoms with Gasteiger partial charge < -0.3 is 15.0 Å². The highest BCUT2D eigenvalue weighted by Crippen LogP contribution is 2.34. The van der Waals surface area contributed by atoms with E-state index in [1.807, 2.05) is 26.0 Å². The lowest BCUT2D eigenvalue weighted by Gasteiger charge is -2.15. The van der Waals surface area contributed by atoms with Gasteiger partial charge in [0.15, 0.2) is 5.76 Å². The Morgan fingerprint density at radius 3 is 2.71 bits per heavy atom. The molecule has 4 nitrogen and oxygen atoms in total. The highest BCUT2D eigenvalue weighted by molar-refractivity contribution is 6.35. The van der Waals surface area contributed by atoms with Crippen molar-refractivity contribution in [2.24, 2.45) is 5.73 Å². The third-order valence-electron chi connectivity index (χ3n) is 3.13. The average Bonchev–Trinajstić information content (AvgIpc) is 2.83. The number of rotatable bonds is 6. The largest absolute Gasteiger partial charge is 0.484 e. The van der Waals surface area contributed by atoms with Crippen molar-refractivity contribution in [2.45, 2.75) is 39.3 Å². The van der Waals surface area contributed by atoms with Gasteiger partial charge in [0.05, 0.1) is 10.7 Å². The van der Waals surface area contributed by atoms with Crippen LogP contribution in [-0.4, -0.2) is 11.2 Å². The molecule has 0 amide bonds. The smallest absolute Gasteiger partial charge is 0.174 e. The van der Waals surface area contributed by atoms with E-state index in [0.717, 1.165) is 17.7 Å². The molecule has 6 heteroatoms. The number of nitrogens with two attached hydrogens (primary N) is 1. The van der Waals surface area contributed by atoms with E-state index in [2.05, 4.69) is 5.16 Å². The van der Waals surface area contributed by atoms with E-state index in [9.17, 15) is 0 Å². The SMILES string of the molecule is CCC(N)Cc1cc(Cl)cc(Cl)c1OCc1cc(C)no1. The second-order valence-corrected chi connectivity index (χ2v) is 5.82. The minimum absolute atomic E-state index is 0.0365. The zero-order valence-electron chi connectivity index (χ0n) is 12.0. The van der Waals surface area contributed by atoms with Crippen LogP contribution in [0.15, 0.2) is 22.7 Å². The highest BCUT2D eigenvalue weighted by Gasteiger charge is 2.14. The predicted molar refractivity (Wildman–Crippen MR) is 84.0 cm³/mol. The van der Waals surface area contributed by atoms with Crippen LogP contribution in [-0.2, 0) is 13.0 Å². The van der Waals surface area contributed by atoms with Gasteiger partial charge in [-0.05, 0) is 37.5 Å². The minimum Gasteiger partial charge on any atom is -0.484 e. The number of benzene rings is 1. The van der Waals surface area contributed by atoms with Crippen LogP contribution in [0.3, 0.4) is 0 Å². The molecule has 2 aromatic rings. The number of aromatic nitrogens is 1. The van der Waals surface area contributed by atoms with E-state index in [-0.39, 0.29) is 12.6 Å². The lowest BCUT2D eigenvalue weighted by atomic mass is 10.0. The molecular formula is C15H18Cl2N2O2. The Morgan fingerprint density at radius 1 is 1.33 bits per heavy atom. The molecule has 0 bridgehead atoms. The first kappa shape index (κ1) is 16.1. The summed E-state index contributed by atoms with van der Waals surface area (Å²) in [5.41, 5.74) is 7.72. The van der Waals surface area contributed by atoms with Gasteiger partial charge in [-0.2, -0.15) is 0 Å². The average molecular weight is 329 g/mol. The molecular weight excluding hydrogens is 311 g/mol. The molecule has 2 N–H and O–H groups in total. The lowest BCUT2D eigenvalue weighted by Crippen LogP contribution is -2.21. The minimum atomic E-state index is 0.0365. The van der Waals surface area contributed by atoms with E-state index in [4.69, 9.17) is 38.2 Å². The first-order chi connectivity index (χ1) is 9.99. The zero-order valence-corrected chi connectivity index (χ0v) is 13.5. The van der Waals surface area contributed by atoms with Crippen LogP contribution >= 0.6 is 23.2 Å². The Labute approximate surface area is 134 Å². The summed E-state index contributed by atoms with van der Waals surface area (Å²) in [7, 11) is 0. The first-order valence-electron chi connectivity index (χ1n) is 6.78. The monoisotopic (exact) mass is 328 g/mol. The van der Waals surface area contributed by atoms with Gasteiger partial charge in [0.1, 0.15) is 12.4 Å². The second-order valence-electron chi connectivity index (χ2n) is 4.97. The van der Waals surface area contributed by atoms with Crippen LogP contribution in [0.4, 0.5) is 0 Å². The van der Waals surface area contributed by atoms with E-state index >= 15 is 0 Å². The number of aryl methyl sites for hydroxylation is 1. The first-order valence-corrected chi connectivity index (χ1v) is 7.53. The number of halogens is 2. The van der Waals surface area contributed by atoms with Crippen LogP contribution in [0.25, 0.3) is 0 Å². The molecule has 2 rings (SSSR count). The maximum atomic E-state index is 6.24. The summed E-state index contributed by atoms with van der Waals surface area (Å²) < 4.78 is 10.9. The van der Waals surface area contributed by atoms with Gasteiger partial charge in [0.2, 0.25) is 0 Å². The van der Waals surface area contributed by atoms with Gasteiger partial charge >= 0.3 is 0 Å². The molecule has 0 radical (unpaired) electrons. The Balaban J connectivity index is 2.19. The van der Waals surface area contributed by atoms with Gasteiger partial charge in [-0.15, -0.1) is 0 Å². The van der Waals surface area contributed by atoms with Crippen LogP contribution < -0.4 is 10.5 Å². The van der Waals surface area contributed by atoms with E-state index in [1.54, 1.807) is 6.07 Å². The Bertz CT molecular complexity index is 614. The summed E-state index contributed by atoms with van der Waals surface area (Å²) in [6.07, 6.45) is 1.52. The molecule has 0 aliphatic carbocycles. The quantitative estimate of drug-likeness (QED) is 0.865. The Hall–Kier alpha value is -1.23.